The molecule has 0 heterocycles. The third-order valence-electron chi connectivity index (χ3n) is 2.44. The van der Waals surface area contributed by atoms with E-state index in [1.165, 1.54) is 39.5 Å². The fourth-order valence-corrected chi connectivity index (χ4v) is 1.20. The van der Waals surface area contributed by atoms with Crippen LogP contribution in [0.25, 0.3) is 0 Å². The van der Waals surface area contributed by atoms with E-state index in [-0.39, 0.29) is 71.2 Å². The first-order valence-electron chi connectivity index (χ1n) is 6.87. The zero-order chi connectivity index (χ0) is 15.1. The maximum Gasteiger partial charge on any atom is 1.00 e. The molecule has 0 aromatic rings. The Balaban J connectivity index is -0.000000179. The van der Waals surface area contributed by atoms with Crippen LogP contribution in [0.15, 0.2) is 4.99 Å². The Labute approximate surface area is 172 Å². The second kappa shape index (κ2) is 22.9. The third-order valence-corrected chi connectivity index (χ3v) is 2.44. The molecule has 0 atom stereocenters. The molecule has 0 bridgehead atoms. The first kappa shape index (κ1) is 29.6. The predicted octanol–water partition coefficient (Wildman–Crippen LogP) is -5.29. The molecule has 0 aliphatic heterocycles. The summed E-state index contributed by atoms with van der Waals surface area (Å²) in [5.41, 5.74) is 0.110. The third kappa shape index (κ3) is 29.3. The van der Waals surface area contributed by atoms with E-state index < -0.39 is 11.9 Å². The van der Waals surface area contributed by atoms with E-state index in [0.717, 1.165) is 12.8 Å². The van der Waals surface area contributed by atoms with Crippen LogP contribution in [0.1, 0.15) is 65.7 Å². The minimum atomic E-state index is -1.16. The number of rotatable bonds is 9. The molecule has 0 aromatic heterocycles. The quantitative estimate of drug-likeness (QED) is 0.241. The van der Waals surface area contributed by atoms with E-state index in [0.29, 0.717) is 6.54 Å². The number of carboxylic acids is 2. The van der Waals surface area contributed by atoms with Gasteiger partial charge in [0.2, 0.25) is 0 Å². The van der Waals surface area contributed by atoms with Crippen molar-refractivity contribution in [2.24, 2.45) is 4.99 Å². The van der Waals surface area contributed by atoms with Gasteiger partial charge in [-0.05, 0) is 19.8 Å². The molecule has 0 saturated heterocycles. The first-order chi connectivity index (χ1) is 8.95. The van der Waals surface area contributed by atoms with E-state index in [9.17, 15) is 19.8 Å². The predicted molar refractivity (Wildman–Crippen MR) is 71.7 cm³/mol. The standard InChI is InChI=1S/C11H21NO2.C3H6O2.2Na/c1-3-4-5-6-7-8-9-12-10(2)11(13)14;1-2-3(4)5;;/h3-9H2,1-2H3,(H,13,14);2H2,1H3,(H,4,5);;/q;;2*+1/p-2. The number of aliphatic carboxylic acids is 2. The normalized spacial score (nSPS) is 9.57. The Morgan fingerprint density at radius 1 is 0.905 bits per heavy atom. The van der Waals surface area contributed by atoms with Crippen LogP contribution >= 0.6 is 0 Å². The fourth-order valence-electron chi connectivity index (χ4n) is 1.20. The molecule has 0 unspecified atom stereocenters. The Bertz CT molecular complexity index is 284. The van der Waals surface area contributed by atoms with Gasteiger partial charge in [-0.2, -0.15) is 0 Å². The molecule has 0 saturated carbocycles. The summed E-state index contributed by atoms with van der Waals surface area (Å²) >= 11 is 0. The molecule has 0 aromatic carbocycles. The van der Waals surface area contributed by atoms with Crippen LogP contribution in [-0.2, 0) is 9.59 Å². The van der Waals surface area contributed by atoms with Gasteiger partial charge >= 0.3 is 59.1 Å². The first-order valence-corrected chi connectivity index (χ1v) is 6.87. The van der Waals surface area contributed by atoms with E-state index >= 15 is 0 Å². The van der Waals surface area contributed by atoms with Crippen molar-refractivity contribution in [3.63, 3.8) is 0 Å². The molecule has 21 heavy (non-hydrogen) atoms. The summed E-state index contributed by atoms with van der Waals surface area (Å²) in [5.74, 6) is -2.15. The summed E-state index contributed by atoms with van der Waals surface area (Å²) in [7, 11) is 0. The Kier molecular flexibility index (Phi) is 32.3. The molecular formula is C14H25NNa2O4. The summed E-state index contributed by atoms with van der Waals surface area (Å²) in [6.07, 6.45) is 7.29. The average molecular weight is 317 g/mol. The Morgan fingerprint density at radius 2 is 1.33 bits per heavy atom. The van der Waals surface area contributed by atoms with Crippen LogP contribution in [-0.4, -0.2) is 24.2 Å². The van der Waals surface area contributed by atoms with Crippen LogP contribution in [0.2, 0.25) is 0 Å². The van der Waals surface area contributed by atoms with Crippen LogP contribution < -0.4 is 69.3 Å². The SMILES string of the molecule is CCC(=O)[O-].CCCCCCCCN=C(C)C(=O)[O-].[Na+].[Na+]. The van der Waals surface area contributed by atoms with Gasteiger partial charge in [0.15, 0.2) is 0 Å². The van der Waals surface area contributed by atoms with Crippen LogP contribution in [0.3, 0.4) is 0 Å². The smallest absolute Gasteiger partial charge is 0.550 e. The summed E-state index contributed by atoms with van der Waals surface area (Å²) in [6, 6.07) is 0. The molecule has 0 aliphatic carbocycles. The molecule has 0 spiro atoms. The number of carbonyl (C=O) groups is 2. The summed E-state index contributed by atoms with van der Waals surface area (Å²) in [4.78, 5) is 23.4. The van der Waals surface area contributed by atoms with Crippen LogP contribution in [0.5, 0.6) is 0 Å². The van der Waals surface area contributed by atoms with Crippen molar-refractivity contribution in [3.05, 3.63) is 0 Å². The van der Waals surface area contributed by atoms with E-state index in [1.54, 1.807) is 0 Å². The van der Waals surface area contributed by atoms with Gasteiger partial charge < -0.3 is 19.8 Å². The molecular weight excluding hydrogens is 292 g/mol. The second-order valence-electron chi connectivity index (χ2n) is 4.25. The van der Waals surface area contributed by atoms with Crippen molar-refractivity contribution >= 4 is 17.7 Å². The monoisotopic (exact) mass is 317 g/mol. The van der Waals surface area contributed by atoms with Gasteiger partial charge in [-0.25, -0.2) is 0 Å². The van der Waals surface area contributed by atoms with Gasteiger partial charge in [-0.1, -0.05) is 46.0 Å². The van der Waals surface area contributed by atoms with Gasteiger partial charge in [-0.3, -0.25) is 4.99 Å². The molecule has 0 rings (SSSR count). The molecule has 112 valence electrons. The number of aliphatic imine (C=N–C) groups is 1. The Morgan fingerprint density at radius 3 is 1.71 bits per heavy atom. The van der Waals surface area contributed by atoms with Crippen molar-refractivity contribution in [1.29, 1.82) is 0 Å². The molecule has 0 radical (unpaired) electrons. The fraction of sp³-hybridized carbons (Fsp3) is 0.786. The van der Waals surface area contributed by atoms with Gasteiger partial charge in [0.05, 0.1) is 11.7 Å². The van der Waals surface area contributed by atoms with Gasteiger partial charge in [-0.15, -0.1) is 0 Å². The number of hydrogen-bond donors (Lipinski definition) is 0. The maximum absolute atomic E-state index is 10.3. The van der Waals surface area contributed by atoms with E-state index in [1.807, 2.05) is 0 Å². The summed E-state index contributed by atoms with van der Waals surface area (Å²) < 4.78 is 0. The second-order valence-corrected chi connectivity index (χ2v) is 4.25. The summed E-state index contributed by atoms with van der Waals surface area (Å²) in [6.45, 7) is 5.82. The minimum Gasteiger partial charge on any atom is -0.550 e. The van der Waals surface area contributed by atoms with Crippen molar-refractivity contribution in [3.8, 4) is 0 Å². The molecule has 0 amide bonds. The van der Waals surface area contributed by atoms with Crippen molar-refractivity contribution in [2.45, 2.75) is 65.7 Å². The maximum atomic E-state index is 10.3. The number of nitrogens with zero attached hydrogens (tertiary/aromatic N) is 1. The van der Waals surface area contributed by atoms with Gasteiger partial charge in [0.1, 0.15) is 0 Å². The largest absolute Gasteiger partial charge is 1.00 e. The van der Waals surface area contributed by atoms with Crippen LogP contribution in [0.4, 0.5) is 0 Å². The molecule has 0 aliphatic rings. The van der Waals surface area contributed by atoms with Gasteiger partial charge in [0.25, 0.3) is 0 Å². The van der Waals surface area contributed by atoms with Crippen molar-refractivity contribution < 1.29 is 78.9 Å². The van der Waals surface area contributed by atoms with Crippen molar-refractivity contribution in [1.82, 2.24) is 0 Å². The number of carbonyl (C=O) groups excluding carboxylic acids is 2. The van der Waals surface area contributed by atoms with E-state index in [2.05, 4.69) is 11.9 Å². The van der Waals surface area contributed by atoms with Crippen molar-refractivity contribution in [2.75, 3.05) is 6.54 Å². The van der Waals surface area contributed by atoms with E-state index in [4.69, 9.17) is 0 Å². The molecule has 5 nitrogen and oxygen atoms in total. The summed E-state index contributed by atoms with van der Waals surface area (Å²) in [5, 5.41) is 19.5. The molecule has 7 heteroatoms. The van der Waals surface area contributed by atoms with Crippen LogP contribution in [0, 0.1) is 0 Å². The Hall–Kier alpha value is 0.610. The zero-order valence-corrected chi connectivity index (χ0v) is 18.2. The number of hydrogen-bond acceptors (Lipinski definition) is 5. The topological polar surface area (TPSA) is 92.6 Å². The molecule has 0 N–H and O–H groups in total. The number of carboxylic acid groups (broad SMARTS) is 2. The molecule has 0 fully saturated rings. The van der Waals surface area contributed by atoms with Gasteiger partial charge in [0, 0.05) is 12.5 Å². The minimum absolute atomic E-state index is 0. The zero-order valence-electron chi connectivity index (χ0n) is 14.2. The average Bonchev–Trinajstić information content (AvgIpc) is 2.38. The number of unbranched alkanes of at least 4 members (excludes halogenated alkanes) is 5.